The number of hydrogen-bond donors (Lipinski definition) is 1. The van der Waals surface area contributed by atoms with Crippen LogP contribution in [-0.4, -0.2) is 25.0 Å². The van der Waals surface area contributed by atoms with Crippen LogP contribution in [0.4, 0.5) is 10.1 Å². The fourth-order valence-corrected chi connectivity index (χ4v) is 2.06. The third kappa shape index (κ3) is 2.49. The summed E-state index contributed by atoms with van der Waals surface area (Å²) in [5.74, 6) is -0.650. The first-order chi connectivity index (χ1) is 8.74. The van der Waals surface area contributed by atoms with Gasteiger partial charge >= 0.3 is 0 Å². The lowest BCUT2D eigenvalue weighted by Crippen LogP contribution is -2.43. The van der Waals surface area contributed by atoms with Crippen molar-refractivity contribution in [2.75, 3.05) is 18.0 Å². The van der Waals surface area contributed by atoms with Crippen molar-refractivity contribution < 1.29 is 9.18 Å². The van der Waals surface area contributed by atoms with Gasteiger partial charge < -0.3 is 10.2 Å². The second-order valence-corrected chi connectivity index (χ2v) is 4.16. The summed E-state index contributed by atoms with van der Waals surface area (Å²) < 4.78 is 13.7. The molecule has 1 unspecified atom stereocenters. The van der Waals surface area contributed by atoms with E-state index in [1.54, 1.807) is 18.2 Å². The van der Waals surface area contributed by atoms with Gasteiger partial charge in [-0.15, -0.1) is 0 Å². The summed E-state index contributed by atoms with van der Waals surface area (Å²) in [6, 6.07) is 7.64. The Morgan fingerprint density at radius 3 is 3.00 bits per heavy atom. The van der Waals surface area contributed by atoms with Crippen molar-refractivity contribution in [3.05, 3.63) is 30.1 Å². The lowest BCUT2D eigenvalue weighted by atomic mass is 10.2. The fourth-order valence-electron chi connectivity index (χ4n) is 2.06. The predicted octanol–water partition coefficient (Wildman–Crippen LogP) is 1.43. The van der Waals surface area contributed by atoms with Gasteiger partial charge in [0.15, 0.2) is 0 Å². The van der Waals surface area contributed by atoms with Crippen LogP contribution in [0.25, 0.3) is 0 Å². The normalized spacial score (nSPS) is 20.3. The topological polar surface area (TPSA) is 56.1 Å². The molecule has 0 saturated carbocycles. The Bertz CT molecular complexity index is 483. The maximum Gasteiger partial charge on any atom is 0.245 e. The summed E-state index contributed by atoms with van der Waals surface area (Å²) >= 11 is 0. The minimum Gasteiger partial charge on any atom is -0.308 e. The second kappa shape index (κ2) is 5.61. The van der Waals surface area contributed by atoms with Crippen molar-refractivity contribution in [2.45, 2.75) is 18.9 Å². The van der Waals surface area contributed by atoms with Gasteiger partial charge in [0, 0.05) is 6.54 Å². The van der Waals surface area contributed by atoms with E-state index in [4.69, 9.17) is 5.26 Å². The third-order valence-electron chi connectivity index (χ3n) is 2.95. The monoisotopic (exact) mass is 247 g/mol. The fraction of sp³-hybridized carbons (Fsp3) is 0.385. The van der Waals surface area contributed by atoms with E-state index in [1.807, 2.05) is 6.07 Å². The SMILES string of the molecule is N#CCC1NCCCN(c2ccccc2F)C1=O. The smallest absolute Gasteiger partial charge is 0.245 e. The lowest BCUT2D eigenvalue weighted by molar-refractivity contribution is -0.120. The zero-order valence-corrected chi connectivity index (χ0v) is 9.90. The number of rotatable bonds is 2. The molecule has 1 atom stereocenters. The van der Waals surface area contributed by atoms with Crippen LogP contribution < -0.4 is 10.2 Å². The average Bonchev–Trinajstić information content (AvgIpc) is 2.54. The molecule has 1 N–H and O–H groups in total. The Morgan fingerprint density at radius 1 is 1.50 bits per heavy atom. The van der Waals surface area contributed by atoms with Crippen LogP contribution in [0.15, 0.2) is 24.3 Å². The van der Waals surface area contributed by atoms with Crippen molar-refractivity contribution in [1.29, 1.82) is 5.26 Å². The summed E-state index contributed by atoms with van der Waals surface area (Å²) in [6.07, 6.45) is 0.839. The number of carbonyl (C=O) groups excluding carboxylic acids is 1. The molecular weight excluding hydrogens is 233 g/mol. The van der Waals surface area contributed by atoms with Gasteiger partial charge in [-0.3, -0.25) is 4.79 Å². The van der Waals surface area contributed by atoms with Crippen LogP contribution in [0.5, 0.6) is 0 Å². The molecule has 94 valence electrons. The van der Waals surface area contributed by atoms with E-state index in [0.717, 1.165) is 6.42 Å². The van der Waals surface area contributed by atoms with Crippen molar-refractivity contribution in [2.24, 2.45) is 0 Å². The van der Waals surface area contributed by atoms with Crippen LogP contribution >= 0.6 is 0 Å². The van der Waals surface area contributed by atoms with E-state index in [1.165, 1.54) is 11.0 Å². The minimum atomic E-state index is -0.544. The predicted molar refractivity (Wildman–Crippen MR) is 65.4 cm³/mol. The minimum absolute atomic E-state index is 0.101. The van der Waals surface area contributed by atoms with Gasteiger partial charge in [0.05, 0.1) is 18.2 Å². The maximum absolute atomic E-state index is 13.7. The van der Waals surface area contributed by atoms with Crippen molar-refractivity contribution in [1.82, 2.24) is 5.32 Å². The zero-order chi connectivity index (χ0) is 13.0. The van der Waals surface area contributed by atoms with Crippen LogP contribution in [-0.2, 0) is 4.79 Å². The Balaban J connectivity index is 2.29. The molecule has 1 amide bonds. The number of benzene rings is 1. The molecule has 1 fully saturated rings. The molecule has 1 aliphatic heterocycles. The molecule has 18 heavy (non-hydrogen) atoms. The van der Waals surface area contributed by atoms with Gasteiger partial charge in [-0.1, -0.05) is 12.1 Å². The summed E-state index contributed by atoms with van der Waals surface area (Å²) in [4.78, 5) is 13.7. The molecule has 1 saturated heterocycles. The van der Waals surface area contributed by atoms with E-state index >= 15 is 0 Å². The molecule has 0 aliphatic carbocycles. The summed E-state index contributed by atoms with van der Waals surface area (Å²) in [6.45, 7) is 1.12. The van der Waals surface area contributed by atoms with E-state index < -0.39 is 11.9 Å². The van der Waals surface area contributed by atoms with Gasteiger partial charge in [0.1, 0.15) is 11.9 Å². The number of anilines is 1. The van der Waals surface area contributed by atoms with E-state index in [0.29, 0.717) is 13.1 Å². The highest BCUT2D eigenvalue weighted by atomic mass is 19.1. The molecule has 1 aliphatic rings. The first-order valence-electron chi connectivity index (χ1n) is 5.90. The highest BCUT2D eigenvalue weighted by Gasteiger charge is 2.28. The number of nitrogens with zero attached hydrogens (tertiary/aromatic N) is 2. The van der Waals surface area contributed by atoms with Gasteiger partial charge in [-0.25, -0.2) is 4.39 Å². The third-order valence-corrected chi connectivity index (χ3v) is 2.95. The number of hydrogen-bond acceptors (Lipinski definition) is 3. The number of nitrogens with one attached hydrogen (secondary N) is 1. The van der Waals surface area contributed by atoms with Crippen molar-refractivity contribution in [3.63, 3.8) is 0 Å². The molecule has 1 heterocycles. The Hall–Kier alpha value is -1.93. The van der Waals surface area contributed by atoms with Gasteiger partial charge in [0.25, 0.3) is 0 Å². The van der Waals surface area contributed by atoms with Gasteiger partial charge in [-0.2, -0.15) is 5.26 Å². The molecular formula is C13H14FN3O. The van der Waals surface area contributed by atoms with E-state index in [-0.39, 0.29) is 18.0 Å². The summed E-state index contributed by atoms with van der Waals surface area (Å²) in [5.41, 5.74) is 0.286. The highest BCUT2D eigenvalue weighted by Crippen LogP contribution is 2.21. The lowest BCUT2D eigenvalue weighted by Gasteiger charge is -2.23. The average molecular weight is 247 g/mol. The quantitative estimate of drug-likeness (QED) is 0.860. The standard InChI is InChI=1S/C13H14FN3O/c14-10-4-1-2-5-12(10)17-9-3-8-16-11(6-7-15)13(17)18/h1-2,4-5,11,16H,3,6,8-9H2. The molecule has 1 aromatic carbocycles. The molecule has 0 aromatic heterocycles. The Morgan fingerprint density at radius 2 is 2.28 bits per heavy atom. The van der Waals surface area contributed by atoms with E-state index in [9.17, 15) is 9.18 Å². The second-order valence-electron chi connectivity index (χ2n) is 4.16. The van der Waals surface area contributed by atoms with Gasteiger partial charge in [0.2, 0.25) is 5.91 Å². The molecule has 2 rings (SSSR count). The van der Waals surface area contributed by atoms with Gasteiger partial charge in [-0.05, 0) is 25.1 Å². The maximum atomic E-state index is 13.7. The Labute approximate surface area is 105 Å². The van der Waals surface area contributed by atoms with Crippen LogP contribution in [0.2, 0.25) is 0 Å². The van der Waals surface area contributed by atoms with Crippen molar-refractivity contribution in [3.8, 4) is 6.07 Å². The van der Waals surface area contributed by atoms with E-state index in [2.05, 4.69) is 5.32 Å². The largest absolute Gasteiger partial charge is 0.308 e. The molecule has 0 spiro atoms. The van der Waals surface area contributed by atoms with Crippen LogP contribution in [0.3, 0.4) is 0 Å². The van der Waals surface area contributed by atoms with Crippen LogP contribution in [0.1, 0.15) is 12.8 Å². The van der Waals surface area contributed by atoms with Crippen molar-refractivity contribution >= 4 is 11.6 Å². The number of halogens is 1. The molecule has 1 aromatic rings. The number of para-hydroxylation sites is 1. The first kappa shape index (κ1) is 12.5. The molecule has 5 heteroatoms. The number of amides is 1. The Kier molecular flexibility index (Phi) is 3.90. The summed E-state index contributed by atoms with van der Waals surface area (Å²) in [7, 11) is 0. The molecule has 0 radical (unpaired) electrons. The first-order valence-corrected chi connectivity index (χ1v) is 5.90. The number of nitriles is 1. The number of carbonyl (C=O) groups is 1. The zero-order valence-electron chi connectivity index (χ0n) is 9.90. The molecule has 4 nitrogen and oxygen atoms in total. The van der Waals surface area contributed by atoms with Crippen LogP contribution in [0, 0.1) is 17.1 Å². The summed E-state index contributed by atoms with van der Waals surface area (Å²) in [5, 5.41) is 11.7. The molecule has 0 bridgehead atoms. The highest BCUT2D eigenvalue weighted by molar-refractivity contribution is 5.97.